The number of nitriles is 1. The maximum absolute atomic E-state index is 13.5. The van der Waals surface area contributed by atoms with Crippen LogP contribution in [0.2, 0.25) is 0 Å². The van der Waals surface area contributed by atoms with E-state index >= 15 is 0 Å². The Labute approximate surface area is 117 Å². The maximum Gasteiger partial charge on any atom is 0.201 e. The number of nitrogens with one attached hydrogen (secondary N) is 2. The highest BCUT2D eigenvalue weighted by Crippen LogP contribution is 2.33. The molecule has 0 unspecified atom stereocenters. The van der Waals surface area contributed by atoms with Gasteiger partial charge in [0.25, 0.3) is 0 Å². The number of nitrogens with two attached hydrogens (primary N) is 1. The summed E-state index contributed by atoms with van der Waals surface area (Å²) in [6.45, 7) is 0. The molecule has 0 amide bonds. The van der Waals surface area contributed by atoms with Crippen molar-refractivity contribution in [1.29, 1.82) is 10.7 Å². The van der Waals surface area contributed by atoms with Gasteiger partial charge in [-0.1, -0.05) is 0 Å². The molecule has 4 N–H and O–H groups in total. The average Bonchev–Trinajstić information content (AvgIpc) is 2.33. The van der Waals surface area contributed by atoms with Crippen molar-refractivity contribution < 1.29 is 8.78 Å². The van der Waals surface area contributed by atoms with Crippen LogP contribution in [0.25, 0.3) is 0 Å². The topological polar surface area (TPSA) is 98.0 Å². The third-order valence-electron chi connectivity index (χ3n) is 1.75. The second-order valence-electron chi connectivity index (χ2n) is 2.95. The number of halogens is 4. The zero-order valence-electron chi connectivity index (χ0n) is 8.56. The monoisotopic (exact) mass is 379 g/mol. The standard InChI is InChI=1S/C9H5Br2F2N5/c10-6-3(12)1-4(7(11)8(6)13)17-18-5(2-14)9(15)16/h1,17H,(H3,15,16)/b18-5+. The quantitative estimate of drug-likeness (QED) is 0.247. The van der Waals surface area contributed by atoms with E-state index in [0.717, 1.165) is 6.07 Å². The lowest BCUT2D eigenvalue weighted by Crippen LogP contribution is -2.22. The lowest BCUT2D eigenvalue weighted by atomic mass is 10.3. The zero-order chi connectivity index (χ0) is 13.9. The first-order valence-corrected chi connectivity index (χ1v) is 5.88. The summed E-state index contributed by atoms with van der Waals surface area (Å²) in [6, 6.07) is 2.53. The van der Waals surface area contributed by atoms with Crippen LogP contribution in [0.3, 0.4) is 0 Å². The van der Waals surface area contributed by atoms with Gasteiger partial charge in [-0.15, -0.1) is 0 Å². The lowest BCUT2D eigenvalue weighted by Gasteiger charge is -2.07. The summed E-state index contributed by atoms with van der Waals surface area (Å²) >= 11 is 5.63. The lowest BCUT2D eigenvalue weighted by molar-refractivity contribution is 0.568. The minimum atomic E-state index is -0.853. The van der Waals surface area contributed by atoms with Gasteiger partial charge in [-0.3, -0.25) is 10.8 Å². The van der Waals surface area contributed by atoms with E-state index in [-0.39, 0.29) is 14.6 Å². The van der Waals surface area contributed by atoms with Crippen molar-refractivity contribution in [1.82, 2.24) is 0 Å². The van der Waals surface area contributed by atoms with Crippen molar-refractivity contribution in [3.63, 3.8) is 0 Å². The number of rotatable bonds is 3. The van der Waals surface area contributed by atoms with E-state index in [1.807, 2.05) is 0 Å². The molecule has 0 aromatic heterocycles. The van der Waals surface area contributed by atoms with Crippen LogP contribution in [0.15, 0.2) is 20.1 Å². The molecule has 0 heterocycles. The average molecular weight is 381 g/mol. The summed E-state index contributed by atoms with van der Waals surface area (Å²) in [4.78, 5) is 0. The van der Waals surface area contributed by atoms with Crippen LogP contribution in [0.5, 0.6) is 0 Å². The molecular weight excluding hydrogens is 376 g/mol. The van der Waals surface area contributed by atoms with Crippen LogP contribution in [0, 0.1) is 28.4 Å². The van der Waals surface area contributed by atoms with Crippen LogP contribution in [-0.2, 0) is 0 Å². The summed E-state index contributed by atoms with van der Waals surface area (Å²) in [5, 5.41) is 19.1. The third-order valence-corrected chi connectivity index (χ3v) is 3.25. The number of benzene rings is 1. The minimum absolute atomic E-state index is 0.0396. The molecule has 0 bridgehead atoms. The molecule has 18 heavy (non-hydrogen) atoms. The van der Waals surface area contributed by atoms with Crippen LogP contribution in [-0.4, -0.2) is 11.5 Å². The fraction of sp³-hybridized carbons (Fsp3) is 0. The second kappa shape index (κ2) is 5.88. The highest BCUT2D eigenvalue weighted by atomic mass is 79.9. The Morgan fingerprint density at radius 3 is 2.56 bits per heavy atom. The molecule has 1 aromatic carbocycles. The molecule has 0 saturated heterocycles. The van der Waals surface area contributed by atoms with Crippen molar-refractivity contribution in [2.45, 2.75) is 0 Å². The van der Waals surface area contributed by atoms with E-state index < -0.39 is 23.2 Å². The number of hydrogen-bond acceptors (Lipinski definition) is 4. The van der Waals surface area contributed by atoms with Crippen molar-refractivity contribution in [2.75, 3.05) is 5.43 Å². The molecule has 0 radical (unpaired) electrons. The van der Waals surface area contributed by atoms with Gasteiger partial charge < -0.3 is 5.73 Å². The fourth-order valence-electron chi connectivity index (χ4n) is 0.916. The number of amidine groups is 1. The molecule has 9 heteroatoms. The first kappa shape index (κ1) is 14.5. The largest absolute Gasteiger partial charge is 0.382 e. The molecule has 1 aromatic rings. The van der Waals surface area contributed by atoms with Crippen LogP contribution < -0.4 is 11.2 Å². The number of hydrogen-bond donors (Lipinski definition) is 3. The Balaban J connectivity index is 3.15. The molecule has 1 rings (SSSR count). The SMILES string of the molecule is N#C/C(=N\Nc1cc(F)c(Br)c(F)c1Br)C(=N)N. The van der Waals surface area contributed by atoms with Crippen LogP contribution in [0.4, 0.5) is 14.5 Å². The molecule has 94 valence electrons. The van der Waals surface area contributed by atoms with Gasteiger partial charge in [0, 0.05) is 6.07 Å². The molecule has 0 aliphatic heterocycles. The maximum atomic E-state index is 13.5. The van der Waals surface area contributed by atoms with Gasteiger partial charge in [0.15, 0.2) is 11.7 Å². The molecule has 5 nitrogen and oxygen atoms in total. The second-order valence-corrected chi connectivity index (χ2v) is 4.53. The van der Waals surface area contributed by atoms with E-state index in [2.05, 4.69) is 42.4 Å². The number of nitrogens with zero attached hydrogens (tertiary/aromatic N) is 2. The molecular formula is C9H5Br2F2N5. The zero-order valence-corrected chi connectivity index (χ0v) is 11.7. The Kier molecular flexibility index (Phi) is 4.75. The highest BCUT2D eigenvalue weighted by molar-refractivity contribution is 9.11. The number of anilines is 1. The van der Waals surface area contributed by atoms with E-state index in [4.69, 9.17) is 16.4 Å². The first-order valence-electron chi connectivity index (χ1n) is 4.29. The van der Waals surface area contributed by atoms with Crippen molar-refractivity contribution in [3.8, 4) is 6.07 Å². The molecule has 0 aliphatic carbocycles. The van der Waals surface area contributed by atoms with Gasteiger partial charge in [-0.05, 0) is 31.9 Å². The van der Waals surface area contributed by atoms with Gasteiger partial charge in [0.2, 0.25) is 5.71 Å². The third kappa shape index (κ3) is 3.02. The van der Waals surface area contributed by atoms with Crippen molar-refractivity contribution >= 4 is 49.1 Å². The molecule has 0 saturated carbocycles. The summed E-state index contributed by atoms with van der Waals surface area (Å²) in [5.74, 6) is -2.25. The van der Waals surface area contributed by atoms with E-state index in [1.54, 1.807) is 6.07 Å². The summed E-state index contributed by atoms with van der Waals surface area (Å²) in [7, 11) is 0. The molecule has 0 spiro atoms. The Morgan fingerprint density at radius 1 is 1.44 bits per heavy atom. The normalized spacial score (nSPS) is 10.9. The molecule has 0 aliphatic rings. The van der Waals surface area contributed by atoms with Gasteiger partial charge in [0.1, 0.15) is 11.9 Å². The van der Waals surface area contributed by atoms with Crippen LogP contribution >= 0.6 is 31.9 Å². The van der Waals surface area contributed by atoms with E-state index in [9.17, 15) is 8.78 Å². The summed E-state index contributed by atoms with van der Waals surface area (Å²) < 4.78 is 26.3. The first-order chi connectivity index (χ1) is 8.38. The van der Waals surface area contributed by atoms with Gasteiger partial charge >= 0.3 is 0 Å². The molecule has 0 atom stereocenters. The predicted octanol–water partition coefficient (Wildman–Crippen LogP) is 2.72. The Morgan fingerprint density at radius 2 is 2.06 bits per heavy atom. The van der Waals surface area contributed by atoms with Crippen molar-refractivity contribution in [3.05, 3.63) is 26.6 Å². The van der Waals surface area contributed by atoms with Crippen LogP contribution in [0.1, 0.15) is 0 Å². The van der Waals surface area contributed by atoms with Gasteiger partial charge in [-0.2, -0.15) is 10.4 Å². The predicted molar refractivity (Wildman–Crippen MR) is 70.3 cm³/mol. The summed E-state index contributed by atoms with van der Waals surface area (Å²) in [6.07, 6.45) is 0. The Hall–Kier alpha value is -1.53. The Bertz CT molecular complexity index is 579. The number of hydrazone groups is 1. The fourth-order valence-corrected chi connectivity index (χ4v) is 1.90. The summed E-state index contributed by atoms with van der Waals surface area (Å²) in [5.41, 5.74) is 6.87. The van der Waals surface area contributed by atoms with Crippen molar-refractivity contribution in [2.24, 2.45) is 10.8 Å². The smallest absolute Gasteiger partial charge is 0.201 e. The minimum Gasteiger partial charge on any atom is -0.382 e. The van der Waals surface area contributed by atoms with Gasteiger partial charge in [0.05, 0.1) is 14.6 Å². The van der Waals surface area contributed by atoms with E-state index in [0.29, 0.717) is 0 Å². The van der Waals surface area contributed by atoms with E-state index in [1.165, 1.54) is 0 Å². The van der Waals surface area contributed by atoms with Gasteiger partial charge in [-0.25, -0.2) is 8.78 Å². The highest BCUT2D eigenvalue weighted by Gasteiger charge is 2.15. The molecule has 0 fully saturated rings.